The van der Waals surface area contributed by atoms with E-state index in [2.05, 4.69) is 36.4 Å². The molecule has 2 atom stereocenters. The predicted molar refractivity (Wildman–Crippen MR) is 131 cm³/mol. The molecule has 3 aromatic rings. The minimum atomic E-state index is -0.0285. The molecule has 172 valence electrons. The van der Waals surface area contributed by atoms with Crippen molar-refractivity contribution in [3.05, 3.63) is 75.5 Å². The first kappa shape index (κ1) is 22.5. The number of amides is 1. The van der Waals surface area contributed by atoms with E-state index in [1.165, 1.54) is 23.1 Å². The van der Waals surface area contributed by atoms with Gasteiger partial charge in [0.05, 0.1) is 18.7 Å². The third-order valence-corrected chi connectivity index (χ3v) is 7.51. The number of nitrogens with zero attached hydrogens (tertiary/aromatic N) is 3. The Morgan fingerprint density at radius 2 is 1.94 bits per heavy atom. The van der Waals surface area contributed by atoms with Gasteiger partial charge in [0.1, 0.15) is 6.23 Å². The van der Waals surface area contributed by atoms with Crippen LogP contribution in [0, 0.1) is 0 Å². The maximum atomic E-state index is 13.2. The topological polar surface area (TPSA) is 47.4 Å². The highest BCUT2D eigenvalue weighted by atomic mass is 35.5. The average molecular weight is 484 g/mol. The van der Waals surface area contributed by atoms with Gasteiger partial charge in [0.15, 0.2) is 0 Å². The molecule has 2 unspecified atom stereocenters. The van der Waals surface area contributed by atoms with Crippen molar-refractivity contribution >= 4 is 29.1 Å². The van der Waals surface area contributed by atoms with E-state index in [-0.39, 0.29) is 24.6 Å². The number of hydrogen-bond donors (Lipinski definition) is 0. The predicted octanol–water partition coefficient (Wildman–Crippen LogP) is 6.24. The summed E-state index contributed by atoms with van der Waals surface area (Å²) < 4.78 is 7.83. The van der Waals surface area contributed by atoms with Gasteiger partial charge in [-0.05, 0) is 67.0 Å². The molecular weight excluding hydrogens is 457 g/mol. The summed E-state index contributed by atoms with van der Waals surface area (Å²) in [6.45, 7) is 3.54. The summed E-state index contributed by atoms with van der Waals surface area (Å²) in [6, 6.07) is 11.7. The molecule has 0 aliphatic carbocycles. The van der Waals surface area contributed by atoms with Gasteiger partial charge in [-0.15, -0.1) is 0 Å². The number of rotatable bonds is 4. The number of benzene rings is 2. The van der Waals surface area contributed by atoms with Gasteiger partial charge in [0.25, 0.3) is 0 Å². The van der Waals surface area contributed by atoms with E-state index in [0.29, 0.717) is 22.2 Å². The molecule has 7 heteroatoms. The van der Waals surface area contributed by atoms with Gasteiger partial charge in [-0.1, -0.05) is 47.5 Å². The highest BCUT2D eigenvalue weighted by molar-refractivity contribution is 6.36. The Kier molecular flexibility index (Phi) is 6.46. The van der Waals surface area contributed by atoms with Crippen LogP contribution in [0.4, 0.5) is 0 Å². The summed E-state index contributed by atoms with van der Waals surface area (Å²) in [4.78, 5) is 15.1. The Morgan fingerprint density at radius 1 is 1.15 bits per heavy atom. The molecule has 0 saturated carbocycles. The zero-order valence-corrected chi connectivity index (χ0v) is 20.1. The van der Waals surface area contributed by atoms with Crippen molar-refractivity contribution in [2.45, 2.75) is 51.3 Å². The van der Waals surface area contributed by atoms with E-state index in [9.17, 15) is 4.79 Å². The maximum Gasteiger partial charge on any atom is 0.227 e. The number of fused-ring (bicyclic) bond motifs is 1. The molecule has 3 heterocycles. The van der Waals surface area contributed by atoms with Crippen molar-refractivity contribution in [1.29, 1.82) is 0 Å². The highest BCUT2D eigenvalue weighted by Gasteiger charge is 2.30. The molecule has 1 fully saturated rings. The quantitative estimate of drug-likeness (QED) is 0.440. The summed E-state index contributed by atoms with van der Waals surface area (Å²) in [7, 11) is 0. The van der Waals surface area contributed by atoms with Crippen molar-refractivity contribution in [3.63, 3.8) is 0 Å². The van der Waals surface area contributed by atoms with Crippen LogP contribution in [0.25, 0.3) is 11.1 Å². The van der Waals surface area contributed by atoms with E-state index in [1.807, 2.05) is 15.8 Å². The van der Waals surface area contributed by atoms with Gasteiger partial charge in [0, 0.05) is 35.0 Å². The Balaban J connectivity index is 1.38. The first-order valence-electron chi connectivity index (χ1n) is 11.5. The summed E-state index contributed by atoms with van der Waals surface area (Å²) in [5.41, 5.74) is 5.43. The van der Waals surface area contributed by atoms with Crippen LogP contribution in [0.3, 0.4) is 0 Å². The molecule has 2 aromatic carbocycles. The number of carbonyl (C=O) groups is 1. The van der Waals surface area contributed by atoms with Crippen LogP contribution in [0.2, 0.25) is 10.0 Å². The molecule has 5 nitrogen and oxygen atoms in total. The van der Waals surface area contributed by atoms with Crippen molar-refractivity contribution in [2.24, 2.45) is 0 Å². The van der Waals surface area contributed by atoms with Crippen LogP contribution >= 0.6 is 23.2 Å². The van der Waals surface area contributed by atoms with Gasteiger partial charge in [-0.2, -0.15) is 5.10 Å². The van der Waals surface area contributed by atoms with Crippen molar-refractivity contribution in [2.75, 3.05) is 13.2 Å². The van der Waals surface area contributed by atoms with Gasteiger partial charge in [0.2, 0.25) is 5.91 Å². The number of ether oxygens (including phenoxy) is 1. The van der Waals surface area contributed by atoms with Crippen LogP contribution in [0.5, 0.6) is 0 Å². The smallest absolute Gasteiger partial charge is 0.227 e. The normalized spacial score (nSPS) is 20.5. The number of halogens is 2. The molecular formula is C26H27Cl2N3O2. The number of carbonyl (C=O) groups excluding carboxylic acids is 1. The second-order valence-corrected chi connectivity index (χ2v) is 9.61. The number of aromatic nitrogens is 2. The van der Waals surface area contributed by atoms with Crippen molar-refractivity contribution in [3.8, 4) is 11.1 Å². The first-order valence-corrected chi connectivity index (χ1v) is 12.3. The van der Waals surface area contributed by atoms with E-state index >= 15 is 0 Å². The largest absolute Gasteiger partial charge is 0.357 e. The lowest BCUT2D eigenvalue weighted by molar-refractivity contribution is -0.133. The molecule has 5 rings (SSSR count). The number of hydrogen-bond acceptors (Lipinski definition) is 3. The van der Waals surface area contributed by atoms with Crippen LogP contribution in [0.15, 0.2) is 48.8 Å². The van der Waals surface area contributed by atoms with Crippen LogP contribution in [0.1, 0.15) is 55.1 Å². The van der Waals surface area contributed by atoms with E-state index in [1.54, 1.807) is 18.2 Å². The Bertz CT molecular complexity index is 1150. The Morgan fingerprint density at radius 3 is 2.70 bits per heavy atom. The second kappa shape index (κ2) is 9.49. The van der Waals surface area contributed by atoms with Gasteiger partial charge in [-0.3, -0.25) is 4.79 Å². The third kappa shape index (κ3) is 4.42. The fourth-order valence-electron chi connectivity index (χ4n) is 5.00. The third-order valence-electron chi connectivity index (χ3n) is 6.81. The van der Waals surface area contributed by atoms with Gasteiger partial charge >= 0.3 is 0 Å². The van der Waals surface area contributed by atoms with E-state index in [0.717, 1.165) is 31.4 Å². The average Bonchev–Trinajstić information content (AvgIpc) is 3.32. The molecule has 1 saturated heterocycles. The molecule has 2 aliphatic rings. The summed E-state index contributed by atoms with van der Waals surface area (Å²) >= 11 is 12.6. The Hall–Kier alpha value is -2.34. The van der Waals surface area contributed by atoms with E-state index in [4.69, 9.17) is 27.9 Å². The zero-order valence-electron chi connectivity index (χ0n) is 18.6. The van der Waals surface area contributed by atoms with Gasteiger partial charge in [-0.25, -0.2) is 4.68 Å². The van der Waals surface area contributed by atoms with E-state index < -0.39 is 0 Å². The summed E-state index contributed by atoms with van der Waals surface area (Å²) in [5, 5.41) is 5.65. The fourth-order valence-corrected chi connectivity index (χ4v) is 5.53. The standard InChI is InChI=1S/C26H27Cl2N3O2/c1-17-19-6-4-7-20(18-15-29-31(16-18)26-10-2-3-13-33-26)21(19)11-12-30(17)25(32)14-22-23(27)8-5-9-24(22)28/h4-9,15-17,26H,2-3,10-14H2,1H3. The molecule has 0 bridgehead atoms. The monoisotopic (exact) mass is 483 g/mol. The minimum absolute atomic E-state index is 0.0238. The second-order valence-electron chi connectivity index (χ2n) is 8.79. The molecule has 2 aliphatic heterocycles. The fraction of sp³-hybridized carbons (Fsp3) is 0.385. The summed E-state index contributed by atoms with van der Waals surface area (Å²) in [5.74, 6) is 0.0378. The lowest BCUT2D eigenvalue weighted by atomic mass is 9.87. The zero-order chi connectivity index (χ0) is 22.9. The van der Waals surface area contributed by atoms with Crippen LogP contribution in [-0.4, -0.2) is 33.7 Å². The molecule has 1 amide bonds. The lowest BCUT2D eigenvalue weighted by Gasteiger charge is -2.36. The van der Waals surface area contributed by atoms with Crippen molar-refractivity contribution in [1.82, 2.24) is 14.7 Å². The Labute approximate surface area is 204 Å². The van der Waals surface area contributed by atoms with Crippen LogP contribution < -0.4 is 0 Å². The summed E-state index contributed by atoms with van der Waals surface area (Å²) in [6.07, 6.45) is 8.32. The molecule has 33 heavy (non-hydrogen) atoms. The molecule has 0 N–H and O–H groups in total. The highest BCUT2D eigenvalue weighted by Crippen LogP contribution is 2.37. The molecule has 0 radical (unpaired) electrons. The SMILES string of the molecule is CC1c2cccc(-c3cnn(C4CCCCO4)c3)c2CCN1C(=O)Cc1c(Cl)cccc1Cl. The maximum absolute atomic E-state index is 13.2. The minimum Gasteiger partial charge on any atom is -0.357 e. The first-order chi connectivity index (χ1) is 16.0. The molecule has 1 aromatic heterocycles. The van der Waals surface area contributed by atoms with Gasteiger partial charge < -0.3 is 9.64 Å². The molecule has 0 spiro atoms. The van der Waals surface area contributed by atoms with Crippen LogP contribution in [-0.2, 0) is 22.4 Å². The lowest BCUT2D eigenvalue weighted by Crippen LogP contribution is -2.40. The van der Waals surface area contributed by atoms with Crippen molar-refractivity contribution < 1.29 is 9.53 Å².